The highest BCUT2D eigenvalue weighted by molar-refractivity contribution is 9.10. The lowest BCUT2D eigenvalue weighted by Gasteiger charge is -2.08. The molecule has 0 amide bonds. The highest BCUT2D eigenvalue weighted by Crippen LogP contribution is 2.16. The first-order valence-electron chi connectivity index (χ1n) is 4.07. The van der Waals surface area contributed by atoms with E-state index in [0.29, 0.717) is 0 Å². The van der Waals surface area contributed by atoms with Crippen LogP contribution in [0.2, 0.25) is 0 Å². The molecule has 0 aliphatic heterocycles. The Hall–Kier alpha value is -0.350. The van der Waals surface area contributed by atoms with Gasteiger partial charge in [0, 0.05) is 19.5 Å². The molecule has 2 N–H and O–H groups in total. The minimum absolute atomic E-state index is 0.233. The summed E-state index contributed by atoms with van der Waals surface area (Å²) in [6, 6.07) is 0.233. The first kappa shape index (κ1) is 9.74. The lowest BCUT2D eigenvalue weighted by Crippen LogP contribution is -2.23. The van der Waals surface area contributed by atoms with Gasteiger partial charge in [0.2, 0.25) is 0 Å². The molecule has 1 rings (SSSR count). The van der Waals surface area contributed by atoms with Crippen molar-refractivity contribution in [2.45, 2.75) is 25.8 Å². The molecular formula is C8H14BrN3. The fourth-order valence-electron chi connectivity index (χ4n) is 1.06. The number of aryl methyl sites for hydroxylation is 1. The fourth-order valence-corrected chi connectivity index (χ4v) is 1.57. The fraction of sp³-hybridized carbons (Fsp3) is 0.625. The maximum atomic E-state index is 5.84. The van der Waals surface area contributed by atoms with Crippen molar-refractivity contribution in [3.63, 3.8) is 0 Å². The molecule has 1 unspecified atom stereocenters. The van der Waals surface area contributed by atoms with E-state index in [1.165, 1.54) is 5.69 Å². The molecule has 3 nitrogen and oxygen atoms in total. The third kappa shape index (κ3) is 2.08. The van der Waals surface area contributed by atoms with Crippen LogP contribution in [-0.2, 0) is 13.5 Å². The zero-order valence-corrected chi connectivity index (χ0v) is 9.00. The quantitative estimate of drug-likeness (QED) is 0.857. The predicted molar refractivity (Wildman–Crippen MR) is 52.9 cm³/mol. The molecule has 1 aromatic rings. The van der Waals surface area contributed by atoms with E-state index in [2.05, 4.69) is 28.0 Å². The van der Waals surface area contributed by atoms with E-state index >= 15 is 0 Å². The van der Waals surface area contributed by atoms with Gasteiger partial charge in [-0.3, -0.25) is 4.68 Å². The zero-order chi connectivity index (χ0) is 9.14. The predicted octanol–water partition coefficient (Wildman–Crippen LogP) is 1.46. The lowest BCUT2D eigenvalue weighted by atomic mass is 10.1. The molecule has 0 bridgehead atoms. The van der Waals surface area contributed by atoms with Gasteiger partial charge in [-0.05, 0) is 22.4 Å². The smallest absolute Gasteiger partial charge is 0.0635 e. The maximum absolute atomic E-state index is 5.84. The van der Waals surface area contributed by atoms with Crippen molar-refractivity contribution < 1.29 is 0 Å². The van der Waals surface area contributed by atoms with Crippen LogP contribution >= 0.6 is 15.9 Å². The average molecular weight is 232 g/mol. The number of nitrogens with zero attached hydrogens (tertiary/aromatic N) is 2. The monoisotopic (exact) mass is 231 g/mol. The summed E-state index contributed by atoms with van der Waals surface area (Å²) in [4.78, 5) is 0. The minimum atomic E-state index is 0.233. The summed E-state index contributed by atoms with van der Waals surface area (Å²) in [5, 5.41) is 4.12. The standard InChI is InChI=1S/C8H14BrN3/c1-3-6(10)4-8-7(9)5-11-12(8)2/h5-6H,3-4,10H2,1-2H3. The second-order valence-electron chi connectivity index (χ2n) is 2.94. The van der Waals surface area contributed by atoms with E-state index in [9.17, 15) is 0 Å². The summed E-state index contributed by atoms with van der Waals surface area (Å²) in [6.45, 7) is 2.09. The molecular weight excluding hydrogens is 218 g/mol. The molecule has 0 radical (unpaired) electrons. The molecule has 0 fully saturated rings. The Bertz CT molecular complexity index is 237. The summed E-state index contributed by atoms with van der Waals surface area (Å²) >= 11 is 3.44. The molecule has 0 aromatic carbocycles. The van der Waals surface area contributed by atoms with Crippen LogP contribution in [0.3, 0.4) is 0 Å². The van der Waals surface area contributed by atoms with Gasteiger partial charge in [-0.2, -0.15) is 5.10 Å². The van der Waals surface area contributed by atoms with E-state index in [4.69, 9.17) is 5.73 Å². The third-order valence-corrected chi connectivity index (χ3v) is 2.65. The van der Waals surface area contributed by atoms with Crippen LogP contribution in [0.25, 0.3) is 0 Å². The van der Waals surface area contributed by atoms with Crippen LogP contribution < -0.4 is 5.73 Å². The van der Waals surface area contributed by atoms with Crippen molar-refractivity contribution in [3.05, 3.63) is 16.4 Å². The van der Waals surface area contributed by atoms with Crippen LogP contribution in [0.15, 0.2) is 10.7 Å². The van der Waals surface area contributed by atoms with E-state index < -0.39 is 0 Å². The van der Waals surface area contributed by atoms with E-state index in [1.807, 2.05) is 11.7 Å². The topological polar surface area (TPSA) is 43.8 Å². The molecule has 68 valence electrons. The number of halogens is 1. The minimum Gasteiger partial charge on any atom is -0.327 e. The number of aromatic nitrogens is 2. The van der Waals surface area contributed by atoms with Gasteiger partial charge in [-0.25, -0.2) is 0 Å². The Morgan fingerprint density at radius 1 is 1.75 bits per heavy atom. The SMILES string of the molecule is CCC(N)Cc1c(Br)cnn1C. The largest absolute Gasteiger partial charge is 0.327 e. The van der Waals surface area contributed by atoms with Gasteiger partial charge in [0.05, 0.1) is 16.4 Å². The van der Waals surface area contributed by atoms with Gasteiger partial charge in [-0.1, -0.05) is 6.92 Å². The summed E-state index contributed by atoms with van der Waals surface area (Å²) in [5.74, 6) is 0. The van der Waals surface area contributed by atoms with Crippen molar-refractivity contribution in [2.24, 2.45) is 12.8 Å². The molecule has 0 saturated carbocycles. The maximum Gasteiger partial charge on any atom is 0.0635 e. The molecule has 0 aliphatic rings. The van der Waals surface area contributed by atoms with Crippen LogP contribution in [0, 0.1) is 0 Å². The van der Waals surface area contributed by atoms with Gasteiger partial charge < -0.3 is 5.73 Å². The summed E-state index contributed by atoms with van der Waals surface area (Å²) in [6.07, 6.45) is 3.68. The van der Waals surface area contributed by atoms with Gasteiger partial charge in [0.1, 0.15) is 0 Å². The number of hydrogen-bond acceptors (Lipinski definition) is 2. The molecule has 0 saturated heterocycles. The molecule has 1 heterocycles. The van der Waals surface area contributed by atoms with E-state index in [-0.39, 0.29) is 6.04 Å². The van der Waals surface area contributed by atoms with Crippen molar-refractivity contribution >= 4 is 15.9 Å². The first-order chi connectivity index (χ1) is 5.65. The average Bonchev–Trinajstić information content (AvgIpc) is 2.35. The van der Waals surface area contributed by atoms with Gasteiger partial charge >= 0.3 is 0 Å². The van der Waals surface area contributed by atoms with Crippen molar-refractivity contribution in [1.29, 1.82) is 0 Å². The summed E-state index contributed by atoms with van der Waals surface area (Å²) in [5.41, 5.74) is 7.01. The zero-order valence-electron chi connectivity index (χ0n) is 7.42. The number of hydrogen-bond donors (Lipinski definition) is 1. The first-order valence-corrected chi connectivity index (χ1v) is 4.86. The molecule has 0 aliphatic carbocycles. The summed E-state index contributed by atoms with van der Waals surface area (Å²) in [7, 11) is 1.93. The Morgan fingerprint density at radius 2 is 2.42 bits per heavy atom. The second kappa shape index (κ2) is 4.05. The Balaban J connectivity index is 2.73. The number of rotatable bonds is 3. The van der Waals surface area contributed by atoms with Crippen molar-refractivity contribution in [1.82, 2.24) is 9.78 Å². The Morgan fingerprint density at radius 3 is 2.83 bits per heavy atom. The number of nitrogens with two attached hydrogens (primary N) is 1. The summed E-state index contributed by atoms with van der Waals surface area (Å²) < 4.78 is 2.91. The van der Waals surface area contributed by atoms with Crippen molar-refractivity contribution in [3.8, 4) is 0 Å². The van der Waals surface area contributed by atoms with Crippen LogP contribution in [0.5, 0.6) is 0 Å². The third-order valence-electron chi connectivity index (χ3n) is 1.99. The van der Waals surface area contributed by atoms with E-state index in [1.54, 1.807) is 6.20 Å². The molecule has 1 atom stereocenters. The lowest BCUT2D eigenvalue weighted by molar-refractivity contribution is 0.601. The molecule has 0 spiro atoms. The van der Waals surface area contributed by atoms with Crippen LogP contribution in [0.1, 0.15) is 19.0 Å². The van der Waals surface area contributed by atoms with Gasteiger partial charge in [0.25, 0.3) is 0 Å². The van der Waals surface area contributed by atoms with Crippen LogP contribution in [0.4, 0.5) is 0 Å². The molecule has 4 heteroatoms. The highest BCUT2D eigenvalue weighted by atomic mass is 79.9. The van der Waals surface area contributed by atoms with Crippen molar-refractivity contribution in [2.75, 3.05) is 0 Å². The highest BCUT2D eigenvalue weighted by Gasteiger charge is 2.09. The molecule has 12 heavy (non-hydrogen) atoms. The Kier molecular flexibility index (Phi) is 3.29. The normalized spacial score (nSPS) is 13.3. The van der Waals surface area contributed by atoms with Gasteiger partial charge in [-0.15, -0.1) is 0 Å². The van der Waals surface area contributed by atoms with Crippen LogP contribution in [-0.4, -0.2) is 15.8 Å². The molecule has 1 aromatic heterocycles. The Labute approximate surface area is 81.1 Å². The second-order valence-corrected chi connectivity index (χ2v) is 3.79. The van der Waals surface area contributed by atoms with Gasteiger partial charge in [0.15, 0.2) is 0 Å². The van der Waals surface area contributed by atoms with E-state index in [0.717, 1.165) is 17.3 Å².